The summed E-state index contributed by atoms with van der Waals surface area (Å²) in [5.74, 6) is -1.12. The predicted octanol–water partition coefficient (Wildman–Crippen LogP) is 2.96. The third-order valence-corrected chi connectivity index (χ3v) is 4.64. The van der Waals surface area contributed by atoms with Crippen LogP contribution in [-0.2, 0) is 0 Å². The Labute approximate surface area is 151 Å². The van der Waals surface area contributed by atoms with Gasteiger partial charge in [-0.05, 0) is 36.5 Å². The molecule has 1 aliphatic heterocycles. The molecule has 1 fully saturated rings. The molecule has 0 saturated carbocycles. The second-order valence-corrected chi connectivity index (χ2v) is 6.64. The largest absolute Gasteiger partial charge is 0.356 e. The molecule has 0 bridgehead atoms. The lowest BCUT2D eigenvalue weighted by Gasteiger charge is -2.32. The molecule has 8 heteroatoms. The molecule has 1 unspecified atom stereocenters. The second kappa shape index (κ2) is 9.75. The first-order valence-electron chi connectivity index (χ1n) is 8.81. The minimum atomic E-state index is -2.30. The van der Waals surface area contributed by atoms with Crippen molar-refractivity contribution in [2.75, 3.05) is 33.2 Å². The summed E-state index contributed by atoms with van der Waals surface area (Å²) < 4.78 is 51.2. The number of aliphatic imine (C=N–C) groups is 1. The molecule has 0 spiro atoms. The van der Waals surface area contributed by atoms with E-state index in [1.807, 2.05) is 6.92 Å². The van der Waals surface area contributed by atoms with Crippen molar-refractivity contribution in [2.24, 2.45) is 4.99 Å². The van der Waals surface area contributed by atoms with Crippen molar-refractivity contribution in [3.05, 3.63) is 35.4 Å². The van der Waals surface area contributed by atoms with Crippen LogP contribution in [-0.4, -0.2) is 56.6 Å². The number of nitrogens with one attached hydrogen (secondary N) is 2. The van der Waals surface area contributed by atoms with E-state index in [0.717, 1.165) is 18.9 Å². The van der Waals surface area contributed by atoms with Crippen molar-refractivity contribution < 1.29 is 17.6 Å². The average molecular weight is 374 g/mol. The van der Waals surface area contributed by atoms with E-state index in [1.54, 1.807) is 18.0 Å². The van der Waals surface area contributed by atoms with Crippen LogP contribution in [0.25, 0.3) is 0 Å². The Balaban J connectivity index is 1.78. The van der Waals surface area contributed by atoms with Crippen LogP contribution < -0.4 is 10.6 Å². The molecular formula is C18H26F4N4. The number of hydrogen-bond donors (Lipinski definition) is 2. The maximum Gasteiger partial charge on any atom is 0.251 e. The van der Waals surface area contributed by atoms with E-state index in [4.69, 9.17) is 0 Å². The van der Waals surface area contributed by atoms with Crippen molar-refractivity contribution in [1.29, 1.82) is 0 Å². The highest BCUT2D eigenvalue weighted by molar-refractivity contribution is 5.80. The third-order valence-electron chi connectivity index (χ3n) is 4.64. The van der Waals surface area contributed by atoms with Crippen molar-refractivity contribution in [2.45, 2.75) is 38.2 Å². The van der Waals surface area contributed by atoms with E-state index in [-0.39, 0.29) is 18.5 Å². The van der Waals surface area contributed by atoms with Crippen LogP contribution in [0.2, 0.25) is 0 Å². The first kappa shape index (κ1) is 20.5. The van der Waals surface area contributed by atoms with Gasteiger partial charge in [0.15, 0.2) is 17.6 Å². The molecule has 1 aromatic rings. The summed E-state index contributed by atoms with van der Waals surface area (Å²) in [7, 11) is 1.66. The summed E-state index contributed by atoms with van der Waals surface area (Å²) in [5, 5.41) is 6.48. The smallest absolute Gasteiger partial charge is 0.251 e. The van der Waals surface area contributed by atoms with Crippen molar-refractivity contribution >= 4 is 5.96 Å². The Morgan fingerprint density at radius 1 is 1.23 bits per heavy atom. The first-order valence-corrected chi connectivity index (χ1v) is 8.81. The zero-order chi connectivity index (χ0) is 19.1. The average Bonchev–Trinajstić information content (AvgIpc) is 2.61. The summed E-state index contributed by atoms with van der Waals surface area (Å²) >= 11 is 0. The van der Waals surface area contributed by atoms with E-state index in [1.165, 1.54) is 6.07 Å². The zero-order valence-electron chi connectivity index (χ0n) is 15.1. The minimum absolute atomic E-state index is 0.0310. The number of hydrogen-bond acceptors (Lipinski definition) is 2. The van der Waals surface area contributed by atoms with Gasteiger partial charge in [-0.15, -0.1) is 0 Å². The number of rotatable bonds is 6. The van der Waals surface area contributed by atoms with Crippen LogP contribution in [0.5, 0.6) is 0 Å². The van der Waals surface area contributed by atoms with Crippen LogP contribution in [0.1, 0.15) is 31.2 Å². The number of benzene rings is 1. The predicted molar refractivity (Wildman–Crippen MR) is 94.7 cm³/mol. The molecule has 1 saturated heterocycles. The lowest BCUT2D eigenvalue weighted by Crippen LogP contribution is -2.49. The Morgan fingerprint density at radius 2 is 1.92 bits per heavy atom. The van der Waals surface area contributed by atoms with Gasteiger partial charge in [-0.2, -0.15) is 0 Å². The van der Waals surface area contributed by atoms with E-state index in [0.29, 0.717) is 31.2 Å². The van der Waals surface area contributed by atoms with E-state index < -0.39 is 18.1 Å². The minimum Gasteiger partial charge on any atom is -0.356 e. The van der Waals surface area contributed by atoms with Gasteiger partial charge in [0.25, 0.3) is 6.43 Å². The molecule has 2 rings (SSSR count). The fraction of sp³-hybridized carbons (Fsp3) is 0.611. The number of halogens is 4. The number of likely N-dealkylation sites (tertiary alicyclic amines) is 1. The lowest BCUT2D eigenvalue weighted by atomic mass is 10.0. The van der Waals surface area contributed by atoms with Gasteiger partial charge in [0, 0.05) is 32.7 Å². The Hall–Kier alpha value is -1.83. The highest BCUT2D eigenvalue weighted by Crippen LogP contribution is 2.17. The Kier molecular flexibility index (Phi) is 7.68. The second-order valence-electron chi connectivity index (χ2n) is 6.64. The number of piperidine rings is 1. The fourth-order valence-corrected chi connectivity index (χ4v) is 3.03. The summed E-state index contributed by atoms with van der Waals surface area (Å²) in [6.45, 7) is 3.50. The van der Waals surface area contributed by atoms with Gasteiger partial charge >= 0.3 is 0 Å². The lowest BCUT2D eigenvalue weighted by molar-refractivity contribution is 0.0744. The van der Waals surface area contributed by atoms with Gasteiger partial charge in [0.2, 0.25) is 0 Å². The molecule has 26 heavy (non-hydrogen) atoms. The van der Waals surface area contributed by atoms with Crippen LogP contribution in [0.15, 0.2) is 23.2 Å². The molecule has 0 radical (unpaired) electrons. The molecule has 1 aliphatic rings. The quantitative estimate of drug-likeness (QED) is 0.457. The highest BCUT2D eigenvalue weighted by atomic mass is 19.3. The Bertz CT molecular complexity index is 601. The SMILES string of the molecule is CN=C(NCC(C)c1ccc(F)c(F)c1)NC1CCN(CC(F)F)CC1. The fourth-order valence-electron chi connectivity index (χ4n) is 3.03. The molecule has 1 heterocycles. The molecule has 2 N–H and O–H groups in total. The summed E-state index contributed by atoms with van der Waals surface area (Å²) in [6.07, 6.45) is -0.759. The van der Waals surface area contributed by atoms with Gasteiger partial charge < -0.3 is 10.6 Å². The maximum absolute atomic E-state index is 13.3. The molecule has 0 aliphatic carbocycles. The van der Waals surface area contributed by atoms with Gasteiger partial charge in [-0.25, -0.2) is 17.6 Å². The number of nitrogens with zero attached hydrogens (tertiary/aromatic N) is 2. The van der Waals surface area contributed by atoms with Crippen molar-refractivity contribution in [3.8, 4) is 0 Å². The topological polar surface area (TPSA) is 39.7 Å². The maximum atomic E-state index is 13.3. The van der Waals surface area contributed by atoms with Crippen LogP contribution in [0, 0.1) is 11.6 Å². The standard InChI is InChI=1S/C18H26F4N4/c1-12(13-3-4-15(19)16(20)9-13)10-24-18(23-2)25-14-5-7-26(8-6-14)11-17(21)22/h3-4,9,12,14,17H,5-8,10-11H2,1-2H3,(H2,23,24,25). The summed E-state index contributed by atoms with van der Waals surface area (Å²) in [6, 6.07) is 4.08. The Morgan fingerprint density at radius 3 is 2.50 bits per heavy atom. The van der Waals surface area contributed by atoms with Gasteiger partial charge in [0.05, 0.1) is 6.54 Å². The van der Waals surface area contributed by atoms with Crippen LogP contribution in [0.3, 0.4) is 0 Å². The number of alkyl halides is 2. The highest BCUT2D eigenvalue weighted by Gasteiger charge is 2.22. The summed E-state index contributed by atoms with van der Waals surface area (Å²) in [5.41, 5.74) is 0.701. The normalized spacial score (nSPS) is 18.2. The van der Waals surface area contributed by atoms with Crippen molar-refractivity contribution in [3.63, 3.8) is 0 Å². The van der Waals surface area contributed by atoms with Gasteiger partial charge in [-0.3, -0.25) is 9.89 Å². The van der Waals surface area contributed by atoms with E-state index in [2.05, 4.69) is 15.6 Å². The molecule has 4 nitrogen and oxygen atoms in total. The van der Waals surface area contributed by atoms with Crippen LogP contribution >= 0.6 is 0 Å². The molecular weight excluding hydrogens is 348 g/mol. The summed E-state index contributed by atoms with van der Waals surface area (Å²) in [4.78, 5) is 5.94. The number of guanidine groups is 1. The molecule has 146 valence electrons. The van der Waals surface area contributed by atoms with Gasteiger partial charge in [0.1, 0.15) is 0 Å². The van der Waals surface area contributed by atoms with Crippen LogP contribution in [0.4, 0.5) is 17.6 Å². The van der Waals surface area contributed by atoms with Gasteiger partial charge in [-0.1, -0.05) is 13.0 Å². The zero-order valence-corrected chi connectivity index (χ0v) is 15.1. The van der Waals surface area contributed by atoms with E-state index in [9.17, 15) is 17.6 Å². The molecule has 1 atom stereocenters. The van der Waals surface area contributed by atoms with Crippen molar-refractivity contribution in [1.82, 2.24) is 15.5 Å². The monoisotopic (exact) mass is 374 g/mol. The third kappa shape index (κ3) is 6.16. The van der Waals surface area contributed by atoms with E-state index >= 15 is 0 Å². The molecule has 1 aromatic carbocycles. The first-order chi connectivity index (χ1) is 12.4. The molecule has 0 aromatic heterocycles. The molecule has 0 amide bonds.